The van der Waals surface area contributed by atoms with Gasteiger partial charge >= 0.3 is 5.97 Å². The second-order valence-electron chi connectivity index (χ2n) is 9.96. The van der Waals surface area contributed by atoms with Crippen molar-refractivity contribution in [3.05, 3.63) is 35.8 Å². The largest absolute Gasteiger partial charge is 0.457 e. The Morgan fingerprint density at radius 1 is 1.11 bits per heavy atom. The maximum absolute atomic E-state index is 12.5. The van der Waals surface area contributed by atoms with Crippen molar-refractivity contribution in [1.29, 1.82) is 0 Å². The van der Waals surface area contributed by atoms with Gasteiger partial charge in [-0.15, -0.1) is 0 Å². The molecule has 0 bridgehead atoms. The zero-order valence-corrected chi connectivity index (χ0v) is 16.9. The van der Waals surface area contributed by atoms with Crippen molar-refractivity contribution in [2.24, 2.45) is 28.6 Å². The summed E-state index contributed by atoms with van der Waals surface area (Å²) in [5, 5.41) is 0. The van der Waals surface area contributed by atoms with Gasteiger partial charge in [0.15, 0.2) is 5.78 Å². The number of ether oxygens (including phenoxy) is 1. The van der Waals surface area contributed by atoms with Gasteiger partial charge in [0.25, 0.3) is 0 Å². The number of furan rings is 1. The summed E-state index contributed by atoms with van der Waals surface area (Å²) < 4.78 is 11.2. The number of fused-ring (bicyclic) bond motifs is 5. The first-order chi connectivity index (χ1) is 13.4. The average Bonchev–Trinajstić information content (AvgIpc) is 3.31. The molecule has 3 saturated carbocycles. The lowest BCUT2D eigenvalue weighted by Crippen LogP contribution is -2.51. The lowest BCUT2D eigenvalue weighted by Gasteiger charge is -2.57. The van der Waals surface area contributed by atoms with E-state index in [9.17, 15) is 9.59 Å². The van der Waals surface area contributed by atoms with Crippen molar-refractivity contribution in [3.63, 3.8) is 0 Å². The number of ketones is 1. The molecule has 4 heteroatoms. The van der Waals surface area contributed by atoms with Gasteiger partial charge in [-0.25, -0.2) is 4.79 Å². The molecule has 4 aliphatic carbocycles. The highest BCUT2D eigenvalue weighted by atomic mass is 16.6. The Hall–Kier alpha value is -1.84. The van der Waals surface area contributed by atoms with E-state index in [1.54, 1.807) is 12.1 Å². The van der Waals surface area contributed by atoms with E-state index >= 15 is 0 Å². The number of hydrogen-bond donors (Lipinski definition) is 0. The van der Waals surface area contributed by atoms with Gasteiger partial charge in [0.1, 0.15) is 6.10 Å². The normalized spacial score (nSPS) is 42.2. The Kier molecular flexibility index (Phi) is 4.12. The quantitative estimate of drug-likeness (QED) is 0.648. The van der Waals surface area contributed by atoms with Gasteiger partial charge in [-0.2, -0.15) is 0 Å². The summed E-state index contributed by atoms with van der Waals surface area (Å²) >= 11 is 0. The Balaban J connectivity index is 1.38. The zero-order valence-electron chi connectivity index (χ0n) is 16.9. The number of hydrogen-bond acceptors (Lipinski definition) is 4. The molecule has 1 aromatic heterocycles. The van der Waals surface area contributed by atoms with E-state index in [0.717, 1.165) is 32.1 Å². The van der Waals surface area contributed by atoms with Gasteiger partial charge in [0, 0.05) is 11.8 Å². The van der Waals surface area contributed by atoms with Crippen LogP contribution in [0, 0.1) is 28.6 Å². The smallest absolute Gasteiger partial charge is 0.374 e. The van der Waals surface area contributed by atoms with Crippen molar-refractivity contribution < 1.29 is 18.7 Å². The SMILES string of the molecule is CC12CCC(=O)C=C1CCC1C2CCC2(C)C(OC(=O)c3ccco3)CCC12. The summed E-state index contributed by atoms with van der Waals surface area (Å²) in [4.78, 5) is 24.4. The third-order valence-corrected chi connectivity index (χ3v) is 8.85. The van der Waals surface area contributed by atoms with E-state index in [2.05, 4.69) is 13.8 Å². The Morgan fingerprint density at radius 2 is 1.96 bits per heavy atom. The van der Waals surface area contributed by atoms with Crippen LogP contribution >= 0.6 is 0 Å². The fraction of sp³-hybridized carbons (Fsp3) is 0.667. The van der Waals surface area contributed by atoms with Gasteiger partial charge < -0.3 is 9.15 Å². The molecule has 4 aliphatic rings. The molecule has 6 unspecified atom stereocenters. The summed E-state index contributed by atoms with van der Waals surface area (Å²) in [7, 11) is 0. The minimum atomic E-state index is -0.328. The van der Waals surface area contributed by atoms with Crippen LogP contribution in [-0.4, -0.2) is 17.9 Å². The minimum Gasteiger partial charge on any atom is -0.457 e. The van der Waals surface area contributed by atoms with Crippen LogP contribution in [0.3, 0.4) is 0 Å². The van der Waals surface area contributed by atoms with E-state index in [-0.39, 0.29) is 22.9 Å². The summed E-state index contributed by atoms with van der Waals surface area (Å²) in [6, 6.07) is 3.40. The summed E-state index contributed by atoms with van der Waals surface area (Å²) in [5.74, 6) is 2.24. The van der Waals surface area contributed by atoms with E-state index in [1.807, 2.05) is 6.08 Å². The van der Waals surface area contributed by atoms with Gasteiger partial charge in [-0.1, -0.05) is 19.4 Å². The van der Waals surface area contributed by atoms with Crippen molar-refractivity contribution in [2.45, 2.75) is 71.3 Å². The van der Waals surface area contributed by atoms with Gasteiger partial charge in [0.05, 0.1) is 6.26 Å². The maximum atomic E-state index is 12.5. The summed E-state index contributed by atoms with van der Waals surface area (Å²) in [5.41, 5.74) is 1.67. The fourth-order valence-electron chi connectivity index (χ4n) is 7.29. The molecule has 150 valence electrons. The predicted octanol–water partition coefficient (Wildman–Crippen LogP) is 5.34. The van der Waals surface area contributed by atoms with Crippen molar-refractivity contribution >= 4 is 11.8 Å². The highest BCUT2D eigenvalue weighted by Gasteiger charge is 2.60. The third kappa shape index (κ3) is 2.56. The number of carbonyl (C=O) groups is 2. The number of allylic oxidation sites excluding steroid dienone is 1. The average molecular weight is 383 g/mol. The molecule has 0 spiro atoms. The second kappa shape index (κ2) is 6.33. The van der Waals surface area contributed by atoms with Crippen LogP contribution < -0.4 is 0 Å². The van der Waals surface area contributed by atoms with E-state index in [1.165, 1.54) is 24.7 Å². The van der Waals surface area contributed by atoms with Crippen molar-refractivity contribution in [2.75, 3.05) is 0 Å². The van der Waals surface area contributed by atoms with E-state index in [4.69, 9.17) is 9.15 Å². The Bertz CT molecular complexity index is 822. The standard InChI is InChI=1S/C24H30O4/c1-23-11-9-16(25)14-15(23)5-6-17-18-7-8-21(24(18,2)12-10-19(17)23)28-22(26)20-4-3-13-27-20/h3-4,13-14,17-19,21H,5-12H2,1-2H3. The Morgan fingerprint density at radius 3 is 2.75 bits per heavy atom. The van der Waals surface area contributed by atoms with Crippen LogP contribution in [0.25, 0.3) is 0 Å². The second-order valence-corrected chi connectivity index (χ2v) is 9.96. The number of esters is 1. The first kappa shape index (κ1) is 18.2. The fourth-order valence-corrected chi connectivity index (χ4v) is 7.29. The predicted molar refractivity (Wildman–Crippen MR) is 105 cm³/mol. The Labute approximate surface area is 166 Å². The molecule has 28 heavy (non-hydrogen) atoms. The molecule has 0 N–H and O–H groups in total. The van der Waals surface area contributed by atoms with E-state index < -0.39 is 0 Å². The summed E-state index contributed by atoms with van der Waals surface area (Å²) in [6.45, 7) is 4.76. The molecule has 0 saturated heterocycles. The minimum absolute atomic E-state index is 0.0197. The third-order valence-electron chi connectivity index (χ3n) is 8.85. The molecule has 5 rings (SSSR count). The monoisotopic (exact) mass is 382 g/mol. The van der Waals surface area contributed by atoms with Crippen LogP contribution in [-0.2, 0) is 9.53 Å². The van der Waals surface area contributed by atoms with Crippen LogP contribution in [0.1, 0.15) is 75.8 Å². The zero-order chi connectivity index (χ0) is 19.5. The molecule has 6 atom stereocenters. The molecule has 0 aliphatic heterocycles. The van der Waals surface area contributed by atoms with Gasteiger partial charge in [-0.3, -0.25) is 4.79 Å². The van der Waals surface area contributed by atoms with Crippen molar-refractivity contribution in [3.8, 4) is 0 Å². The van der Waals surface area contributed by atoms with Gasteiger partial charge in [0.2, 0.25) is 5.76 Å². The topological polar surface area (TPSA) is 56.5 Å². The highest BCUT2D eigenvalue weighted by molar-refractivity contribution is 5.91. The molecule has 1 heterocycles. The van der Waals surface area contributed by atoms with Gasteiger partial charge in [-0.05, 0) is 86.3 Å². The van der Waals surface area contributed by atoms with Crippen LogP contribution in [0.15, 0.2) is 34.5 Å². The van der Waals surface area contributed by atoms with Crippen LogP contribution in [0.2, 0.25) is 0 Å². The number of carbonyl (C=O) groups excluding carboxylic acids is 2. The van der Waals surface area contributed by atoms with Crippen molar-refractivity contribution in [1.82, 2.24) is 0 Å². The van der Waals surface area contributed by atoms with Crippen LogP contribution in [0.4, 0.5) is 0 Å². The molecule has 0 aromatic carbocycles. The van der Waals surface area contributed by atoms with E-state index in [0.29, 0.717) is 35.7 Å². The maximum Gasteiger partial charge on any atom is 0.374 e. The first-order valence-electron chi connectivity index (χ1n) is 10.9. The first-order valence-corrected chi connectivity index (χ1v) is 10.9. The van der Waals surface area contributed by atoms with Crippen LogP contribution in [0.5, 0.6) is 0 Å². The highest BCUT2D eigenvalue weighted by Crippen LogP contribution is 2.65. The molecular formula is C24H30O4. The molecular weight excluding hydrogens is 352 g/mol. The lowest BCUT2D eigenvalue weighted by atomic mass is 9.47. The lowest BCUT2D eigenvalue weighted by molar-refractivity contribution is -0.118. The molecule has 4 nitrogen and oxygen atoms in total. The summed E-state index contributed by atoms with van der Waals surface area (Å²) in [6.07, 6.45) is 11.8. The molecule has 1 aromatic rings. The molecule has 0 amide bonds. The molecule has 3 fully saturated rings. The molecule has 0 radical (unpaired) electrons. The number of rotatable bonds is 2.